The monoisotopic (exact) mass is 420 g/mol. The van der Waals surface area contributed by atoms with E-state index < -0.39 is 5.97 Å². The Balaban J connectivity index is 2.37. The number of anilines is 1. The first kappa shape index (κ1) is 22.0. The van der Waals surface area contributed by atoms with Crippen LogP contribution in [-0.4, -0.2) is 49.6 Å². The number of carbonyl (C=O) groups excluding carboxylic acids is 3. The highest BCUT2D eigenvalue weighted by Gasteiger charge is 2.27. The van der Waals surface area contributed by atoms with Crippen molar-refractivity contribution in [3.05, 3.63) is 51.4 Å². The fourth-order valence-corrected chi connectivity index (χ4v) is 4.29. The number of carbonyl (C=O) groups is 3. The molecule has 0 unspecified atom stereocenters. The third-order valence-electron chi connectivity index (χ3n) is 3.98. The third kappa shape index (κ3) is 4.94. The first-order valence-electron chi connectivity index (χ1n) is 8.71. The second-order valence-corrected chi connectivity index (χ2v) is 8.15. The lowest BCUT2D eigenvalue weighted by Crippen LogP contribution is -2.21. The van der Waals surface area contributed by atoms with E-state index in [1.165, 1.54) is 4.90 Å². The van der Waals surface area contributed by atoms with Gasteiger partial charge in [-0.15, -0.1) is 11.3 Å². The van der Waals surface area contributed by atoms with Gasteiger partial charge in [-0.25, -0.2) is 4.79 Å². The Kier molecular flexibility index (Phi) is 7.65. The van der Waals surface area contributed by atoms with Gasteiger partial charge < -0.3 is 15.0 Å². The van der Waals surface area contributed by atoms with Crippen LogP contribution in [0.5, 0.6) is 0 Å². The molecule has 0 fully saturated rings. The summed E-state index contributed by atoms with van der Waals surface area (Å²) in [5, 5.41) is 3.09. The summed E-state index contributed by atoms with van der Waals surface area (Å²) in [5.74, 6) is -0.254. The molecule has 0 aliphatic rings. The Labute approximate surface area is 173 Å². The molecule has 1 heterocycles. The maximum atomic E-state index is 12.7. The Morgan fingerprint density at radius 1 is 1.18 bits per heavy atom. The summed E-state index contributed by atoms with van der Waals surface area (Å²) >= 11 is 2.79. The molecule has 0 saturated heterocycles. The fourth-order valence-electron chi connectivity index (χ4n) is 2.55. The van der Waals surface area contributed by atoms with Crippen molar-refractivity contribution in [1.82, 2.24) is 4.90 Å². The van der Waals surface area contributed by atoms with Crippen LogP contribution in [0.15, 0.2) is 24.3 Å². The Morgan fingerprint density at radius 2 is 1.82 bits per heavy atom. The molecule has 0 aliphatic heterocycles. The summed E-state index contributed by atoms with van der Waals surface area (Å²) in [4.78, 5) is 39.4. The van der Waals surface area contributed by atoms with Gasteiger partial charge >= 0.3 is 5.97 Å². The first-order chi connectivity index (χ1) is 13.3. The van der Waals surface area contributed by atoms with Crippen molar-refractivity contribution < 1.29 is 19.1 Å². The van der Waals surface area contributed by atoms with Crippen molar-refractivity contribution >= 4 is 45.9 Å². The van der Waals surface area contributed by atoms with Crippen molar-refractivity contribution in [3.63, 3.8) is 0 Å². The molecule has 0 radical (unpaired) electrons. The van der Waals surface area contributed by atoms with E-state index in [9.17, 15) is 14.4 Å². The van der Waals surface area contributed by atoms with Crippen molar-refractivity contribution in [1.29, 1.82) is 0 Å². The summed E-state index contributed by atoms with van der Waals surface area (Å²) in [5.41, 5.74) is 2.34. The highest BCUT2D eigenvalue weighted by molar-refractivity contribution is 7.97. The zero-order chi connectivity index (χ0) is 20.8. The van der Waals surface area contributed by atoms with E-state index in [-0.39, 0.29) is 24.0 Å². The van der Waals surface area contributed by atoms with Crippen molar-refractivity contribution in [2.45, 2.75) is 19.6 Å². The molecule has 1 aromatic carbocycles. The number of thiophene rings is 1. The number of esters is 1. The molecule has 1 aromatic heterocycles. The van der Waals surface area contributed by atoms with Gasteiger partial charge in [0.2, 0.25) is 0 Å². The first-order valence-corrected chi connectivity index (χ1v) is 10.9. The molecule has 2 aromatic rings. The summed E-state index contributed by atoms with van der Waals surface area (Å²) in [6.45, 7) is 3.60. The van der Waals surface area contributed by atoms with Gasteiger partial charge in [0, 0.05) is 25.4 Å². The van der Waals surface area contributed by atoms with E-state index in [0.29, 0.717) is 21.0 Å². The van der Waals surface area contributed by atoms with Gasteiger partial charge in [-0.1, -0.05) is 12.1 Å². The van der Waals surface area contributed by atoms with E-state index in [2.05, 4.69) is 5.32 Å². The Morgan fingerprint density at radius 3 is 2.36 bits per heavy atom. The molecule has 0 spiro atoms. The number of benzene rings is 1. The molecule has 1 N–H and O–H groups in total. The molecule has 0 saturated carbocycles. The molecule has 0 bridgehead atoms. The highest BCUT2D eigenvalue weighted by Crippen LogP contribution is 2.34. The number of hydrogen-bond acceptors (Lipinski definition) is 6. The molecule has 2 rings (SSSR count). The number of thioether (sulfide) groups is 1. The van der Waals surface area contributed by atoms with Gasteiger partial charge in [-0.05, 0) is 43.4 Å². The zero-order valence-electron chi connectivity index (χ0n) is 16.6. The lowest BCUT2D eigenvalue weighted by Gasteiger charge is -2.09. The van der Waals surface area contributed by atoms with Gasteiger partial charge in [0.1, 0.15) is 5.00 Å². The van der Waals surface area contributed by atoms with Gasteiger partial charge in [0.05, 0.1) is 17.0 Å². The number of amides is 2. The normalized spacial score (nSPS) is 10.5. The second-order valence-electron chi connectivity index (χ2n) is 6.26. The Hall–Kier alpha value is -2.32. The molecule has 150 valence electrons. The molecule has 8 heteroatoms. The Bertz CT molecular complexity index is 873. The molecule has 6 nitrogen and oxygen atoms in total. The standard InChI is InChI=1S/C20H24N2O4S2/c1-6-26-20(25)15-12(2)16(19(24)22(3)4)28-18(15)21-17(23)14-9-7-13(8-10-14)11-27-5/h7-10H,6,11H2,1-5H3,(H,21,23). The largest absolute Gasteiger partial charge is 0.462 e. The quantitative estimate of drug-likeness (QED) is 0.684. The predicted octanol–water partition coefficient (Wildman–Crippen LogP) is 4.05. The minimum atomic E-state index is -0.556. The average molecular weight is 421 g/mol. The van der Waals surface area contributed by atoms with Crippen LogP contribution in [0.4, 0.5) is 5.00 Å². The van der Waals surface area contributed by atoms with Crippen molar-refractivity contribution in [3.8, 4) is 0 Å². The third-order valence-corrected chi connectivity index (χ3v) is 5.80. The molecule has 2 amide bonds. The van der Waals surface area contributed by atoms with Crippen LogP contribution < -0.4 is 5.32 Å². The molecular weight excluding hydrogens is 396 g/mol. The van der Waals surface area contributed by atoms with Gasteiger partial charge in [0.15, 0.2) is 0 Å². The number of ether oxygens (including phenoxy) is 1. The van der Waals surface area contributed by atoms with Crippen LogP contribution in [0.2, 0.25) is 0 Å². The summed E-state index contributed by atoms with van der Waals surface area (Å²) in [6.07, 6.45) is 2.02. The van der Waals surface area contributed by atoms with Crippen LogP contribution in [0, 0.1) is 6.92 Å². The molecule has 0 atom stereocenters. The summed E-state index contributed by atoms with van der Waals surface area (Å²) in [7, 11) is 3.28. The van der Waals surface area contributed by atoms with Crippen molar-refractivity contribution in [2.75, 3.05) is 32.3 Å². The van der Waals surface area contributed by atoms with Crippen molar-refractivity contribution in [2.24, 2.45) is 0 Å². The van der Waals surface area contributed by atoms with E-state index in [0.717, 1.165) is 22.7 Å². The SMILES string of the molecule is CCOC(=O)c1c(NC(=O)c2ccc(CSC)cc2)sc(C(=O)N(C)C)c1C. The van der Waals surface area contributed by atoms with Crippen LogP contribution in [0.1, 0.15) is 48.4 Å². The number of nitrogens with zero attached hydrogens (tertiary/aromatic N) is 1. The highest BCUT2D eigenvalue weighted by atomic mass is 32.2. The van der Waals surface area contributed by atoms with Crippen LogP contribution in [-0.2, 0) is 10.5 Å². The van der Waals surface area contributed by atoms with E-state index in [1.807, 2.05) is 18.4 Å². The topological polar surface area (TPSA) is 75.7 Å². The summed E-state index contributed by atoms with van der Waals surface area (Å²) in [6, 6.07) is 7.30. The molecule has 28 heavy (non-hydrogen) atoms. The average Bonchev–Trinajstić information content (AvgIpc) is 2.97. The second kappa shape index (κ2) is 9.75. The summed E-state index contributed by atoms with van der Waals surface area (Å²) < 4.78 is 5.12. The minimum absolute atomic E-state index is 0.204. The predicted molar refractivity (Wildman–Crippen MR) is 115 cm³/mol. The fraction of sp³-hybridized carbons (Fsp3) is 0.350. The number of rotatable bonds is 7. The molecule has 0 aliphatic carbocycles. The maximum absolute atomic E-state index is 12.7. The van der Waals surface area contributed by atoms with Crippen LogP contribution >= 0.6 is 23.1 Å². The van der Waals surface area contributed by atoms with Gasteiger partial charge in [0.25, 0.3) is 11.8 Å². The zero-order valence-corrected chi connectivity index (χ0v) is 18.3. The lowest BCUT2D eigenvalue weighted by atomic mass is 10.1. The van der Waals surface area contributed by atoms with Crippen LogP contribution in [0.25, 0.3) is 0 Å². The smallest absolute Gasteiger partial charge is 0.341 e. The molecular formula is C20H24N2O4S2. The van der Waals surface area contributed by atoms with E-state index in [1.54, 1.807) is 51.8 Å². The lowest BCUT2D eigenvalue weighted by molar-refractivity contribution is 0.0527. The minimum Gasteiger partial charge on any atom is -0.462 e. The van der Waals surface area contributed by atoms with Gasteiger partial charge in [-0.2, -0.15) is 11.8 Å². The van der Waals surface area contributed by atoms with E-state index >= 15 is 0 Å². The van der Waals surface area contributed by atoms with E-state index in [4.69, 9.17) is 4.74 Å². The maximum Gasteiger partial charge on any atom is 0.341 e. The number of nitrogens with one attached hydrogen (secondary N) is 1. The van der Waals surface area contributed by atoms with Crippen LogP contribution in [0.3, 0.4) is 0 Å². The number of hydrogen-bond donors (Lipinski definition) is 1. The van der Waals surface area contributed by atoms with Gasteiger partial charge in [-0.3, -0.25) is 9.59 Å².